The molecule has 4 nitrogen and oxygen atoms in total. The van der Waals surface area contributed by atoms with Crippen LogP contribution in [0.1, 0.15) is 25.3 Å². The molecule has 0 aromatic heterocycles. The fourth-order valence-corrected chi connectivity index (χ4v) is 1.90. The van der Waals surface area contributed by atoms with Crippen molar-refractivity contribution in [2.45, 2.75) is 32.4 Å². The Kier molecular flexibility index (Phi) is 4.20. The number of nitrogens with one attached hydrogen (secondary N) is 1. The summed E-state index contributed by atoms with van der Waals surface area (Å²) in [6.07, 6.45) is 2.26. The molecule has 0 bridgehead atoms. The van der Waals surface area contributed by atoms with E-state index in [2.05, 4.69) is 17.1 Å². The molecule has 0 heterocycles. The Balaban J connectivity index is 1.95. The number of carbonyl (C=O) groups excluding carboxylic acids is 1. The second-order valence-corrected chi connectivity index (χ2v) is 4.73. The second kappa shape index (κ2) is 5.87. The number of carbonyl (C=O) groups is 1. The first-order valence-corrected chi connectivity index (χ1v) is 6.56. The summed E-state index contributed by atoms with van der Waals surface area (Å²) in [5, 5.41) is 3.01. The fraction of sp³-hybridized carbons (Fsp3) is 0.500. The summed E-state index contributed by atoms with van der Waals surface area (Å²) in [4.78, 5) is 13.9. The van der Waals surface area contributed by atoms with E-state index in [4.69, 9.17) is 5.73 Å². The van der Waals surface area contributed by atoms with E-state index in [9.17, 15) is 4.79 Å². The van der Waals surface area contributed by atoms with E-state index in [1.165, 1.54) is 0 Å². The Morgan fingerprint density at radius 3 is 2.56 bits per heavy atom. The lowest BCUT2D eigenvalue weighted by atomic mass is 10.2. The summed E-state index contributed by atoms with van der Waals surface area (Å²) in [6.45, 7) is 3.85. The second-order valence-electron chi connectivity index (χ2n) is 4.73. The predicted octanol–water partition coefficient (Wildman–Crippen LogP) is 1.25. The smallest absolute Gasteiger partial charge is 0.239 e. The number of anilines is 1. The number of amides is 1. The number of hydrogen-bond acceptors (Lipinski definition) is 3. The number of nitrogens with zero attached hydrogens (tertiary/aromatic N) is 1. The summed E-state index contributed by atoms with van der Waals surface area (Å²) >= 11 is 0. The standard InChI is InChI=1S/C14H21N3O/c1-2-17(10-14(18)16-12-5-6-12)13-7-3-11(9-15)4-8-13/h3-4,7-8,12H,2,5-6,9-10,15H2,1H3,(H,16,18). The van der Waals surface area contributed by atoms with Crippen molar-refractivity contribution in [3.8, 4) is 0 Å². The molecular formula is C14H21N3O. The minimum atomic E-state index is 0.113. The average molecular weight is 247 g/mol. The highest BCUT2D eigenvalue weighted by Crippen LogP contribution is 2.19. The summed E-state index contributed by atoms with van der Waals surface area (Å²) < 4.78 is 0. The van der Waals surface area contributed by atoms with E-state index in [0.29, 0.717) is 19.1 Å². The molecule has 0 atom stereocenters. The van der Waals surface area contributed by atoms with E-state index in [1.807, 2.05) is 24.3 Å². The Morgan fingerprint density at radius 2 is 2.06 bits per heavy atom. The molecule has 0 spiro atoms. The molecule has 1 fully saturated rings. The molecule has 0 aliphatic heterocycles. The van der Waals surface area contributed by atoms with Crippen molar-refractivity contribution < 1.29 is 4.79 Å². The topological polar surface area (TPSA) is 58.4 Å². The zero-order valence-corrected chi connectivity index (χ0v) is 10.9. The van der Waals surface area contributed by atoms with E-state index in [1.54, 1.807) is 0 Å². The van der Waals surface area contributed by atoms with Gasteiger partial charge in [0.2, 0.25) is 5.91 Å². The SMILES string of the molecule is CCN(CC(=O)NC1CC1)c1ccc(CN)cc1. The maximum Gasteiger partial charge on any atom is 0.239 e. The molecule has 4 heteroatoms. The van der Waals surface area contributed by atoms with Crippen LogP contribution in [0.5, 0.6) is 0 Å². The van der Waals surface area contributed by atoms with Crippen LogP contribution in [0.4, 0.5) is 5.69 Å². The molecule has 98 valence electrons. The monoisotopic (exact) mass is 247 g/mol. The van der Waals surface area contributed by atoms with Crippen molar-refractivity contribution in [2.24, 2.45) is 5.73 Å². The average Bonchev–Trinajstić information content (AvgIpc) is 3.20. The molecule has 1 aromatic rings. The lowest BCUT2D eigenvalue weighted by Crippen LogP contribution is -2.38. The molecule has 3 N–H and O–H groups in total. The van der Waals surface area contributed by atoms with Crippen LogP contribution in [0.15, 0.2) is 24.3 Å². The summed E-state index contributed by atoms with van der Waals surface area (Å²) in [5.74, 6) is 0.113. The first-order valence-electron chi connectivity index (χ1n) is 6.56. The first kappa shape index (κ1) is 12.9. The highest BCUT2D eigenvalue weighted by atomic mass is 16.2. The van der Waals surface area contributed by atoms with Crippen LogP contribution in [-0.2, 0) is 11.3 Å². The van der Waals surface area contributed by atoms with Gasteiger partial charge in [-0.25, -0.2) is 0 Å². The highest BCUT2D eigenvalue weighted by Gasteiger charge is 2.23. The van der Waals surface area contributed by atoms with Gasteiger partial charge in [-0.05, 0) is 37.5 Å². The van der Waals surface area contributed by atoms with Gasteiger partial charge in [0.1, 0.15) is 0 Å². The van der Waals surface area contributed by atoms with Crippen LogP contribution in [0.25, 0.3) is 0 Å². The van der Waals surface area contributed by atoms with E-state index >= 15 is 0 Å². The number of hydrogen-bond donors (Lipinski definition) is 2. The zero-order chi connectivity index (χ0) is 13.0. The lowest BCUT2D eigenvalue weighted by molar-refractivity contribution is -0.119. The number of benzene rings is 1. The normalized spacial score (nSPS) is 14.3. The van der Waals surface area contributed by atoms with Crippen LogP contribution in [0, 0.1) is 0 Å². The maximum atomic E-state index is 11.8. The molecule has 18 heavy (non-hydrogen) atoms. The van der Waals surface area contributed by atoms with Crippen molar-refractivity contribution >= 4 is 11.6 Å². The van der Waals surface area contributed by atoms with Gasteiger partial charge in [-0.2, -0.15) is 0 Å². The molecule has 1 amide bonds. The Hall–Kier alpha value is -1.55. The minimum absolute atomic E-state index is 0.113. The highest BCUT2D eigenvalue weighted by molar-refractivity contribution is 5.81. The van der Waals surface area contributed by atoms with Gasteiger partial charge in [-0.1, -0.05) is 12.1 Å². The molecule has 2 rings (SSSR count). The quantitative estimate of drug-likeness (QED) is 0.795. The van der Waals surface area contributed by atoms with E-state index in [0.717, 1.165) is 30.6 Å². The number of rotatable bonds is 6. The van der Waals surface area contributed by atoms with E-state index < -0.39 is 0 Å². The third kappa shape index (κ3) is 3.47. The molecule has 1 saturated carbocycles. The van der Waals surface area contributed by atoms with Gasteiger partial charge in [0.25, 0.3) is 0 Å². The Morgan fingerprint density at radius 1 is 1.39 bits per heavy atom. The van der Waals surface area contributed by atoms with Crippen molar-refractivity contribution in [3.63, 3.8) is 0 Å². The summed E-state index contributed by atoms with van der Waals surface area (Å²) in [7, 11) is 0. The van der Waals surface area contributed by atoms with Gasteiger partial charge in [-0.3, -0.25) is 4.79 Å². The molecule has 0 saturated heterocycles. The fourth-order valence-electron chi connectivity index (χ4n) is 1.90. The van der Waals surface area contributed by atoms with E-state index in [-0.39, 0.29) is 5.91 Å². The minimum Gasteiger partial charge on any atom is -0.363 e. The van der Waals surface area contributed by atoms with Crippen LogP contribution >= 0.6 is 0 Å². The molecule has 1 aliphatic carbocycles. The third-order valence-corrected chi connectivity index (χ3v) is 3.20. The predicted molar refractivity (Wildman–Crippen MR) is 73.4 cm³/mol. The zero-order valence-electron chi connectivity index (χ0n) is 10.9. The lowest BCUT2D eigenvalue weighted by Gasteiger charge is -2.22. The maximum absolute atomic E-state index is 11.8. The Bertz CT molecular complexity index is 398. The Labute approximate surface area is 108 Å². The van der Waals surface area contributed by atoms with Crippen molar-refractivity contribution in [3.05, 3.63) is 29.8 Å². The number of likely N-dealkylation sites (N-methyl/N-ethyl adjacent to an activating group) is 1. The van der Waals surface area contributed by atoms with Crippen molar-refractivity contribution in [1.82, 2.24) is 5.32 Å². The van der Waals surface area contributed by atoms with Gasteiger partial charge in [-0.15, -0.1) is 0 Å². The number of nitrogens with two attached hydrogens (primary N) is 1. The van der Waals surface area contributed by atoms with Crippen LogP contribution in [0.3, 0.4) is 0 Å². The van der Waals surface area contributed by atoms with Gasteiger partial charge in [0.15, 0.2) is 0 Å². The van der Waals surface area contributed by atoms with Gasteiger partial charge in [0, 0.05) is 24.8 Å². The van der Waals surface area contributed by atoms with Crippen LogP contribution in [-0.4, -0.2) is 25.0 Å². The van der Waals surface area contributed by atoms with Gasteiger partial charge in [0.05, 0.1) is 6.54 Å². The van der Waals surface area contributed by atoms with Gasteiger partial charge < -0.3 is 16.0 Å². The van der Waals surface area contributed by atoms with Crippen LogP contribution < -0.4 is 16.0 Å². The van der Waals surface area contributed by atoms with Crippen molar-refractivity contribution in [2.75, 3.05) is 18.0 Å². The van der Waals surface area contributed by atoms with Crippen LogP contribution in [0.2, 0.25) is 0 Å². The summed E-state index contributed by atoms with van der Waals surface area (Å²) in [6, 6.07) is 8.50. The molecule has 1 aliphatic rings. The first-order chi connectivity index (χ1) is 8.72. The molecule has 1 aromatic carbocycles. The largest absolute Gasteiger partial charge is 0.363 e. The summed E-state index contributed by atoms with van der Waals surface area (Å²) in [5.41, 5.74) is 7.75. The van der Waals surface area contributed by atoms with Gasteiger partial charge >= 0.3 is 0 Å². The van der Waals surface area contributed by atoms with Crippen molar-refractivity contribution in [1.29, 1.82) is 0 Å². The molecular weight excluding hydrogens is 226 g/mol. The molecule has 0 radical (unpaired) electrons. The third-order valence-electron chi connectivity index (χ3n) is 3.20. The molecule has 0 unspecified atom stereocenters.